The van der Waals surface area contributed by atoms with Crippen molar-refractivity contribution in [1.82, 2.24) is 4.90 Å². The lowest BCUT2D eigenvalue weighted by molar-refractivity contribution is -0.144. The molecule has 1 atom stereocenters. The second-order valence-electron chi connectivity index (χ2n) is 4.89. The van der Waals surface area contributed by atoms with Gasteiger partial charge in [-0.15, -0.1) is 11.8 Å². The van der Waals surface area contributed by atoms with Crippen LogP contribution in [0.25, 0.3) is 0 Å². The normalized spacial score (nSPS) is 18.2. The molecule has 0 bridgehead atoms. The van der Waals surface area contributed by atoms with Gasteiger partial charge in [-0.3, -0.25) is 9.59 Å². The van der Waals surface area contributed by atoms with E-state index in [1.54, 1.807) is 30.7 Å². The van der Waals surface area contributed by atoms with Crippen molar-refractivity contribution in [3.63, 3.8) is 0 Å². The molecular formula is C16H21NO4S. The molecular weight excluding hydrogens is 302 g/mol. The molecule has 0 saturated carbocycles. The Hall–Kier alpha value is -1.69. The summed E-state index contributed by atoms with van der Waals surface area (Å²) < 4.78 is 10.1. The van der Waals surface area contributed by atoms with Crippen LogP contribution in [0.4, 0.5) is 0 Å². The first-order chi connectivity index (χ1) is 10.7. The molecule has 1 saturated heterocycles. The van der Waals surface area contributed by atoms with Crippen LogP contribution >= 0.6 is 11.8 Å². The van der Waals surface area contributed by atoms with Crippen molar-refractivity contribution in [1.29, 1.82) is 0 Å². The standard InChI is InChI=1S/C16H21NO4S/c1-3-21-15(19)8-10-17-14(18)9-11-22-16(17)12-4-6-13(20-2)7-5-12/h4-7,16H,3,8-11H2,1-2H3. The second-order valence-corrected chi connectivity index (χ2v) is 6.08. The zero-order valence-corrected chi connectivity index (χ0v) is 13.7. The predicted molar refractivity (Wildman–Crippen MR) is 85.8 cm³/mol. The molecule has 1 aromatic rings. The van der Waals surface area contributed by atoms with E-state index in [1.165, 1.54) is 0 Å². The maximum atomic E-state index is 12.2. The highest BCUT2D eigenvalue weighted by Crippen LogP contribution is 2.37. The SMILES string of the molecule is CCOC(=O)CCN1C(=O)CCSC1c1ccc(OC)cc1. The van der Waals surface area contributed by atoms with E-state index >= 15 is 0 Å². The fraction of sp³-hybridized carbons (Fsp3) is 0.500. The fourth-order valence-corrected chi connectivity index (χ4v) is 3.62. The molecule has 1 unspecified atom stereocenters. The topological polar surface area (TPSA) is 55.8 Å². The summed E-state index contributed by atoms with van der Waals surface area (Å²) in [4.78, 5) is 25.5. The van der Waals surface area contributed by atoms with Gasteiger partial charge in [0.05, 0.1) is 20.1 Å². The molecule has 2 rings (SSSR count). The van der Waals surface area contributed by atoms with E-state index in [1.807, 2.05) is 24.3 Å². The molecule has 22 heavy (non-hydrogen) atoms. The van der Waals surface area contributed by atoms with E-state index in [-0.39, 0.29) is 23.7 Å². The smallest absolute Gasteiger partial charge is 0.307 e. The van der Waals surface area contributed by atoms with Gasteiger partial charge >= 0.3 is 5.97 Å². The lowest BCUT2D eigenvalue weighted by atomic mass is 10.1. The maximum Gasteiger partial charge on any atom is 0.307 e. The Balaban J connectivity index is 2.08. The van der Waals surface area contributed by atoms with Crippen molar-refractivity contribution in [2.24, 2.45) is 0 Å². The van der Waals surface area contributed by atoms with Gasteiger partial charge < -0.3 is 14.4 Å². The molecule has 0 radical (unpaired) electrons. The van der Waals surface area contributed by atoms with Crippen LogP contribution in [-0.4, -0.2) is 42.8 Å². The molecule has 1 aliphatic rings. The summed E-state index contributed by atoms with van der Waals surface area (Å²) in [5, 5.41) is -0.0541. The van der Waals surface area contributed by atoms with Gasteiger partial charge in [-0.05, 0) is 24.6 Å². The minimum atomic E-state index is -0.264. The van der Waals surface area contributed by atoms with Crippen LogP contribution in [0.2, 0.25) is 0 Å². The number of amides is 1. The molecule has 1 heterocycles. The van der Waals surface area contributed by atoms with Crippen molar-refractivity contribution in [3.8, 4) is 5.75 Å². The molecule has 1 aromatic carbocycles. The summed E-state index contributed by atoms with van der Waals surface area (Å²) in [6.45, 7) is 2.53. The van der Waals surface area contributed by atoms with Gasteiger partial charge in [-0.1, -0.05) is 12.1 Å². The number of hydrogen-bond acceptors (Lipinski definition) is 5. The summed E-state index contributed by atoms with van der Waals surface area (Å²) in [5.41, 5.74) is 1.04. The van der Waals surface area contributed by atoms with E-state index in [0.717, 1.165) is 17.1 Å². The number of nitrogens with zero attached hydrogens (tertiary/aromatic N) is 1. The monoisotopic (exact) mass is 323 g/mol. The van der Waals surface area contributed by atoms with Crippen LogP contribution in [0, 0.1) is 0 Å². The number of carbonyl (C=O) groups excluding carboxylic acids is 2. The summed E-state index contributed by atoms with van der Waals surface area (Å²) >= 11 is 1.72. The van der Waals surface area contributed by atoms with Crippen molar-refractivity contribution in [2.75, 3.05) is 26.0 Å². The van der Waals surface area contributed by atoms with Gasteiger partial charge in [0.15, 0.2) is 0 Å². The number of rotatable bonds is 6. The Bertz CT molecular complexity index is 517. The minimum Gasteiger partial charge on any atom is -0.497 e. The van der Waals surface area contributed by atoms with Crippen LogP contribution in [0.5, 0.6) is 5.75 Å². The number of methoxy groups -OCH3 is 1. The Labute approximate surface area is 135 Å². The maximum absolute atomic E-state index is 12.2. The van der Waals surface area contributed by atoms with Crippen molar-refractivity contribution >= 4 is 23.6 Å². The summed E-state index contributed by atoms with van der Waals surface area (Å²) in [6.07, 6.45) is 0.743. The number of carbonyl (C=O) groups is 2. The first-order valence-electron chi connectivity index (χ1n) is 7.36. The number of ether oxygens (including phenoxy) is 2. The zero-order chi connectivity index (χ0) is 15.9. The highest BCUT2D eigenvalue weighted by molar-refractivity contribution is 7.99. The number of benzene rings is 1. The van der Waals surface area contributed by atoms with E-state index in [9.17, 15) is 9.59 Å². The quantitative estimate of drug-likeness (QED) is 0.753. The Morgan fingerprint density at radius 3 is 2.73 bits per heavy atom. The molecule has 0 aromatic heterocycles. The third-order valence-corrected chi connectivity index (χ3v) is 4.74. The predicted octanol–water partition coefficient (Wildman–Crippen LogP) is 2.61. The summed E-state index contributed by atoms with van der Waals surface area (Å²) in [5.74, 6) is 1.41. The average Bonchev–Trinajstić information content (AvgIpc) is 2.54. The Morgan fingerprint density at radius 1 is 1.36 bits per heavy atom. The second kappa shape index (κ2) is 8.08. The molecule has 5 nitrogen and oxygen atoms in total. The van der Waals surface area contributed by atoms with Gasteiger partial charge in [-0.25, -0.2) is 0 Å². The van der Waals surface area contributed by atoms with Crippen molar-refractivity contribution < 1.29 is 19.1 Å². The van der Waals surface area contributed by atoms with Gasteiger partial charge in [0.1, 0.15) is 11.1 Å². The summed E-state index contributed by atoms with van der Waals surface area (Å²) in [7, 11) is 1.62. The molecule has 1 amide bonds. The molecule has 1 fully saturated rings. The average molecular weight is 323 g/mol. The molecule has 1 aliphatic heterocycles. The number of esters is 1. The van der Waals surface area contributed by atoms with Crippen LogP contribution in [0.15, 0.2) is 24.3 Å². The molecule has 0 N–H and O–H groups in total. The molecule has 0 aliphatic carbocycles. The highest BCUT2D eigenvalue weighted by Gasteiger charge is 2.30. The van der Waals surface area contributed by atoms with Crippen molar-refractivity contribution in [2.45, 2.75) is 25.1 Å². The zero-order valence-electron chi connectivity index (χ0n) is 12.9. The molecule has 6 heteroatoms. The minimum absolute atomic E-state index is 0.0541. The van der Waals surface area contributed by atoms with Crippen LogP contribution < -0.4 is 4.74 Å². The first kappa shape index (κ1) is 16.7. The van der Waals surface area contributed by atoms with E-state index in [0.29, 0.717) is 19.6 Å². The van der Waals surface area contributed by atoms with Gasteiger partial charge in [-0.2, -0.15) is 0 Å². The molecule has 120 valence electrons. The van der Waals surface area contributed by atoms with Crippen LogP contribution in [-0.2, 0) is 14.3 Å². The summed E-state index contributed by atoms with van der Waals surface area (Å²) in [6, 6.07) is 7.70. The van der Waals surface area contributed by atoms with E-state index < -0.39 is 0 Å². The van der Waals surface area contributed by atoms with Gasteiger partial charge in [0.2, 0.25) is 5.91 Å². The third kappa shape index (κ3) is 4.16. The Morgan fingerprint density at radius 2 is 2.09 bits per heavy atom. The lowest BCUT2D eigenvalue weighted by Crippen LogP contribution is -2.38. The number of thioether (sulfide) groups is 1. The fourth-order valence-electron chi connectivity index (χ4n) is 2.35. The first-order valence-corrected chi connectivity index (χ1v) is 8.41. The van der Waals surface area contributed by atoms with Crippen LogP contribution in [0.3, 0.4) is 0 Å². The van der Waals surface area contributed by atoms with E-state index in [2.05, 4.69) is 0 Å². The van der Waals surface area contributed by atoms with E-state index in [4.69, 9.17) is 9.47 Å². The third-order valence-electron chi connectivity index (χ3n) is 3.46. The van der Waals surface area contributed by atoms with Gasteiger partial charge in [0, 0.05) is 18.7 Å². The lowest BCUT2D eigenvalue weighted by Gasteiger charge is -2.35. The largest absolute Gasteiger partial charge is 0.497 e. The molecule has 0 spiro atoms. The Kier molecular flexibility index (Phi) is 6.12. The highest BCUT2D eigenvalue weighted by atomic mass is 32.2. The van der Waals surface area contributed by atoms with Crippen molar-refractivity contribution in [3.05, 3.63) is 29.8 Å². The van der Waals surface area contributed by atoms with Crippen LogP contribution in [0.1, 0.15) is 30.7 Å². The van der Waals surface area contributed by atoms with Gasteiger partial charge in [0.25, 0.3) is 0 Å². The number of hydrogen-bond donors (Lipinski definition) is 0.